The Bertz CT molecular complexity index is 939. The van der Waals surface area contributed by atoms with E-state index in [0.717, 1.165) is 24.8 Å². The second-order valence-corrected chi connectivity index (χ2v) is 6.17. The number of carboxylic acid groups (broad SMARTS) is 1. The predicted octanol–water partition coefficient (Wildman–Crippen LogP) is 3.89. The molecule has 4 rings (SSSR count). The van der Waals surface area contributed by atoms with Crippen LogP contribution in [0, 0.1) is 0 Å². The molecule has 0 radical (unpaired) electrons. The summed E-state index contributed by atoms with van der Waals surface area (Å²) < 4.78 is 7.71. The lowest BCUT2D eigenvalue weighted by Crippen LogP contribution is -2.10. The highest BCUT2D eigenvalue weighted by Crippen LogP contribution is 2.35. The number of benzene rings is 2. The summed E-state index contributed by atoms with van der Waals surface area (Å²) in [4.78, 5) is 11.7. The molecule has 1 aliphatic carbocycles. The standard InChI is InChI=1S/C20H19NO3/c1-24-19-11-5-8-15(20(22)23)16(19)12-21-17-9-3-2-6-13(17)14-7-4-10-18(14)21/h2-3,5-6,8-9,11H,4,7,10,12H2,1H3,(H,22,23). The second kappa shape index (κ2) is 5.71. The van der Waals surface area contributed by atoms with Gasteiger partial charge in [-0.1, -0.05) is 24.3 Å². The maximum atomic E-state index is 11.7. The summed E-state index contributed by atoms with van der Waals surface area (Å²) in [6, 6.07) is 13.6. The van der Waals surface area contributed by atoms with Crippen molar-refractivity contribution in [1.29, 1.82) is 0 Å². The molecule has 0 aliphatic heterocycles. The molecule has 1 N–H and O–H groups in total. The molecular formula is C20H19NO3. The van der Waals surface area contributed by atoms with Crippen molar-refractivity contribution in [3.05, 3.63) is 64.8 Å². The van der Waals surface area contributed by atoms with Gasteiger partial charge in [0.2, 0.25) is 0 Å². The monoisotopic (exact) mass is 321 g/mol. The third kappa shape index (κ3) is 2.18. The number of aromatic carboxylic acids is 1. The van der Waals surface area contributed by atoms with Gasteiger partial charge in [-0.25, -0.2) is 4.79 Å². The lowest BCUT2D eigenvalue weighted by Gasteiger charge is -2.15. The number of hydrogen-bond acceptors (Lipinski definition) is 2. The van der Waals surface area contributed by atoms with Crippen LogP contribution >= 0.6 is 0 Å². The fourth-order valence-electron chi connectivity index (χ4n) is 3.88. The lowest BCUT2D eigenvalue weighted by atomic mass is 10.1. The van der Waals surface area contributed by atoms with E-state index in [1.165, 1.54) is 22.2 Å². The Kier molecular flexibility index (Phi) is 3.53. The number of aryl methyl sites for hydroxylation is 1. The van der Waals surface area contributed by atoms with Crippen LogP contribution in [0.15, 0.2) is 42.5 Å². The molecule has 122 valence electrons. The van der Waals surface area contributed by atoms with Crippen LogP contribution in [0.4, 0.5) is 0 Å². The fraction of sp³-hybridized carbons (Fsp3) is 0.250. The highest BCUT2D eigenvalue weighted by molar-refractivity contribution is 5.91. The van der Waals surface area contributed by atoms with Gasteiger partial charge in [-0.15, -0.1) is 0 Å². The van der Waals surface area contributed by atoms with Crippen molar-refractivity contribution in [1.82, 2.24) is 4.57 Å². The van der Waals surface area contributed by atoms with Crippen LogP contribution in [0.1, 0.15) is 33.6 Å². The van der Waals surface area contributed by atoms with Gasteiger partial charge in [0, 0.05) is 22.2 Å². The lowest BCUT2D eigenvalue weighted by molar-refractivity contribution is 0.0695. The number of carbonyl (C=O) groups is 1. The van der Waals surface area contributed by atoms with Gasteiger partial charge in [-0.3, -0.25) is 0 Å². The molecule has 0 bridgehead atoms. The van der Waals surface area contributed by atoms with Gasteiger partial charge in [0.1, 0.15) is 5.75 Å². The first-order valence-corrected chi connectivity index (χ1v) is 8.19. The van der Waals surface area contributed by atoms with E-state index >= 15 is 0 Å². The van der Waals surface area contributed by atoms with E-state index in [1.807, 2.05) is 12.1 Å². The molecule has 0 amide bonds. The maximum absolute atomic E-state index is 11.7. The Morgan fingerprint density at radius 2 is 2.00 bits per heavy atom. The van der Waals surface area contributed by atoms with Crippen LogP contribution in [-0.2, 0) is 19.4 Å². The summed E-state index contributed by atoms with van der Waals surface area (Å²) in [6.45, 7) is 0.515. The van der Waals surface area contributed by atoms with Crippen molar-refractivity contribution in [2.75, 3.05) is 7.11 Å². The van der Waals surface area contributed by atoms with E-state index in [1.54, 1.807) is 19.2 Å². The zero-order valence-electron chi connectivity index (χ0n) is 13.6. The molecule has 0 atom stereocenters. The Balaban J connectivity index is 1.92. The molecule has 0 saturated heterocycles. The molecule has 4 nitrogen and oxygen atoms in total. The second-order valence-electron chi connectivity index (χ2n) is 6.17. The molecule has 0 fully saturated rings. The Hall–Kier alpha value is -2.75. The van der Waals surface area contributed by atoms with Crippen molar-refractivity contribution in [3.63, 3.8) is 0 Å². The number of hydrogen-bond donors (Lipinski definition) is 1. The summed E-state index contributed by atoms with van der Waals surface area (Å²) >= 11 is 0. The molecule has 0 spiro atoms. The Morgan fingerprint density at radius 3 is 2.79 bits per heavy atom. The largest absolute Gasteiger partial charge is 0.496 e. The quantitative estimate of drug-likeness (QED) is 0.793. The van der Waals surface area contributed by atoms with Crippen LogP contribution in [0.3, 0.4) is 0 Å². The normalized spacial score (nSPS) is 13.2. The SMILES string of the molecule is COc1cccc(C(=O)O)c1Cn1c2c(c3ccccc31)CCC2. The van der Waals surface area contributed by atoms with Crippen LogP contribution in [-0.4, -0.2) is 22.8 Å². The fourth-order valence-corrected chi connectivity index (χ4v) is 3.88. The number of carboxylic acids is 1. The molecular weight excluding hydrogens is 302 g/mol. The molecule has 2 aromatic carbocycles. The average Bonchev–Trinajstić information content (AvgIpc) is 3.18. The third-order valence-corrected chi connectivity index (χ3v) is 4.93. The minimum absolute atomic E-state index is 0.305. The van der Waals surface area contributed by atoms with Crippen molar-refractivity contribution < 1.29 is 14.6 Å². The number of para-hydroxylation sites is 1. The Labute approximate surface area is 140 Å². The highest BCUT2D eigenvalue weighted by atomic mass is 16.5. The van der Waals surface area contributed by atoms with Gasteiger partial charge in [0.15, 0.2) is 0 Å². The van der Waals surface area contributed by atoms with E-state index in [9.17, 15) is 9.90 Å². The molecule has 3 aromatic rings. The van der Waals surface area contributed by atoms with Gasteiger partial charge in [-0.05, 0) is 43.0 Å². The average molecular weight is 321 g/mol. The summed E-state index contributed by atoms with van der Waals surface area (Å²) in [5.74, 6) is -0.295. The summed E-state index contributed by atoms with van der Waals surface area (Å²) in [7, 11) is 1.59. The van der Waals surface area contributed by atoms with E-state index < -0.39 is 5.97 Å². The van der Waals surface area contributed by atoms with E-state index in [4.69, 9.17) is 4.74 Å². The first kappa shape index (κ1) is 14.8. The van der Waals surface area contributed by atoms with E-state index in [0.29, 0.717) is 17.9 Å². The summed E-state index contributed by atoms with van der Waals surface area (Å²) in [5.41, 5.74) is 4.95. The van der Waals surface area contributed by atoms with Crippen molar-refractivity contribution in [3.8, 4) is 5.75 Å². The number of nitrogens with zero attached hydrogens (tertiary/aromatic N) is 1. The molecule has 1 aliphatic rings. The zero-order valence-corrected chi connectivity index (χ0v) is 13.6. The number of fused-ring (bicyclic) bond motifs is 3. The number of rotatable bonds is 4. The van der Waals surface area contributed by atoms with Crippen LogP contribution < -0.4 is 4.74 Å². The summed E-state index contributed by atoms with van der Waals surface area (Å²) in [5, 5.41) is 10.8. The maximum Gasteiger partial charge on any atom is 0.336 e. The minimum atomic E-state index is -0.919. The van der Waals surface area contributed by atoms with Gasteiger partial charge in [-0.2, -0.15) is 0 Å². The molecule has 4 heteroatoms. The predicted molar refractivity (Wildman–Crippen MR) is 93.0 cm³/mol. The van der Waals surface area contributed by atoms with Gasteiger partial charge in [0.05, 0.1) is 19.2 Å². The van der Waals surface area contributed by atoms with Crippen molar-refractivity contribution in [2.24, 2.45) is 0 Å². The number of aromatic nitrogens is 1. The van der Waals surface area contributed by atoms with Gasteiger partial charge >= 0.3 is 5.97 Å². The summed E-state index contributed by atoms with van der Waals surface area (Å²) in [6.07, 6.45) is 3.30. The third-order valence-electron chi connectivity index (χ3n) is 4.93. The van der Waals surface area contributed by atoms with E-state index in [2.05, 4.69) is 22.8 Å². The number of ether oxygens (including phenoxy) is 1. The molecule has 24 heavy (non-hydrogen) atoms. The van der Waals surface area contributed by atoms with Crippen LogP contribution in [0.2, 0.25) is 0 Å². The van der Waals surface area contributed by atoms with E-state index in [-0.39, 0.29) is 0 Å². The van der Waals surface area contributed by atoms with Crippen LogP contribution in [0.5, 0.6) is 5.75 Å². The topological polar surface area (TPSA) is 51.5 Å². The molecule has 0 saturated carbocycles. The minimum Gasteiger partial charge on any atom is -0.496 e. The van der Waals surface area contributed by atoms with Crippen molar-refractivity contribution >= 4 is 16.9 Å². The highest BCUT2D eigenvalue weighted by Gasteiger charge is 2.23. The molecule has 0 unspecified atom stereocenters. The first-order chi connectivity index (χ1) is 11.7. The smallest absolute Gasteiger partial charge is 0.336 e. The van der Waals surface area contributed by atoms with Crippen LogP contribution in [0.25, 0.3) is 10.9 Å². The molecule has 1 aromatic heterocycles. The van der Waals surface area contributed by atoms with Gasteiger partial charge in [0.25, 0.3) is 0 Å². The first-order valence-electron chi connectivity index (χ1n) is 8.19. The van der Waals surface area contributed by atoms with Gasteiger partial charge < -0.3 is 14.4 Å². The zero-order chi connectivity index (χ0) is 16.7. The van der Waals surface area contributed by atoms with Crippen molar-refractivity contribution in [2.45, 2.75) is 25.8 Å². The Morgan fingerprint density at radius 1 is 1.17 bits per heavy atom. The molecule has 1 heterocycles. The number of methoxy groups -OCH3 is 1.